The Morgan fingerprint density at radius 1 is 1.54 bits per heavy atom. The van der Waals surface area contributed by atoms with Crippen molar-refractivity contribution in [2.24, 2.45) is 0 Å². The van der Waals surface area contributed by atoms with Crippen LogP contribution in [0.5, 0.6) is 0 Å². The topological polar surface area (TPSA) is 17.1 Å². The summed E-state index contributed by atoms with van der Waals surface area (Å²) in [6.07, 6.45) is 0.366. The van der Waals surface area contributed by atoms with E-state index in [9.17, 15) is 9.18 Å². The molecule has 13 heavy (non-hydrogen) atoms. The molecule has 0 radical (unpaired) electrons. The second-order valence-corrected chi connectivity index (χ2v) is 3.93. The fraction of sp³-hybridized carbons (Fsp3) is 0.300. The van der Waals surface area contributed by atoms with Gasteiger partial charge in [0.05, 0.1) is 4.47 Å². The molecule has 1 nitrogen and oxygen atoms in total. The SMILES string of the molecule is CC(=O)Cc1cc(Br)c(F)cc1C. The second kappa shape index (κ2) is 4.01. The largest absolute Gasteiger partial charge is 0.300 e. The average Bonchev–Trinajstić information content (AvgIpc) is 1.99. The zero-order valence-corrected chi connectivity index (χ0v) is 9.11. The van der Waals surface area contributed by atoms with Gasteiger partial charge in [-0.05, 0) is 53.0 Å². The van der Waals surface area contributed by atoms with Crippen molar-refractivity contribution in [3.05, 3.63) is 33.5 Å². The van der Waals surface area contributed by atoms with Gasteiger partial charge >= 0.3 is 0 Å². The molecule has 1 rings (SSSR count). The Labute approximate surface area is 85.1 Å². The molecule has 0 atom stereocenters. The van der Waals surface area contributed by atoms with E-state index in [0.29, 0.717) is 10.9 Å². The van der Waals surface area contributed by atoms with Gasteiger partial charge in [-0.15, -0.1) is 0 Å². The van der Waals surface area contributed by atoms with Crippen LogP contribution in [0.25, 0.3) is 0 Å². The molecule has 0 amide bonds. The molecule has 0 aliphatic heterocycles. The van der Waals surface area contributed by atoms with Crippen molar-refractivity contribution in [1.82, 2.24) is 0 Å². The van der Waals surface area contributed by atoms with Gasteiger partial charge in [-0.2, -0.15) is 0 Å². The summed E-state index contributed by atoms with van der Waals surface area (Å²) in [5.41, 5.74) is 1.69. The van der Waals surface area contributed by atoms with Crippen molar-refractivity contribution in [3.63, 3.8) is 0 Å². The molecule has 1 aromatic rings. The second-order valence-electron chi connectivity index (χ2n) is 3.07. The van der Waals surface area contributed by atoms with Gasteiger partial charge in [-0.1, -0.05) is 0 Å². The highest BCUT2D eigenvalue weighted by molar-refractivity contribution is 9.10. The highest BCUT2D eigenvalue weighted by atomic mass is 79.9. The lowest BCUT2D eigenvalue weighted by Gasteiger charge is -2.04. The summed E-state index contributed by atoms with van der Waals surface area (Å²) in [7, 11) is 0. The van der Waals surface area contributed by atoms with E-state index in [2.05, 4.69) is 15.9 Å². The summed E-state index contributed by atoms with van der Waals surface area (Å²) in [4.78, 5) is 10.9. The van der Waals surface area contributed by atoms with Gasteiger partial charge in [0.15, 0.2) is 0 Å². The zero-order valence-electron chi connectivity index (χ0n) is 7.53. The lowest BCUT2D eigenvalue weighted by atomic mass is 10.0. The number of aryl methyl sites for hydroxylation is 1. The standard InChI is InChI=1S/C10H10BrFO/c1-6-3-10(12)9(11)5-8(6)4-7(2)13/h3,5H,4H2,1-2H3. The Hall–Kier alpha value is -0.700. The molecule has 0 N–H and O–H groups in total. The molecule has 0 aliphatic rings. The molecule has 0 aromatic heterocycles. The summed E-state index contributed by atoms with van der Waals surface area (Å²) < 4.78 is 13.4. The summed E-state index contributed by atoms with van der Waals surface area (Å²) in [5, 5.41) is 0. The first-order chi connectivity index (χ1) is 6.00. The number of benzene rings is 1. The van der Waals surface area contributed by atoms with Crippen molar-refractivity contribution in [2.75, 3.05) is 0 Å². The third-order valence-corrected chi connectivity index (χ3v) is 2.43. The van der Waals surface area contributed by atoms with Crippen LogP contribution in [0.3, 0.4) is 0 Å². The van der Waals surface area contributed by atoms with Gasteiger partial charge in [0.25, 0.3) is 0 Å². The maximum Gasteiger partial charge on any atom is 0.137 e. The normalized spacial score (nSPS) is 10.2. The van der Waals surface area contributed by atoms with Crippen LogP contribution in [0, 0.1) is 12.7 Å². The summed E-state index contributed by atoms with van der Waals surface area (Å²) in [5.74, 6) is -0.202. The predicted molar refractivity (Wildman–Crippen MR) is 53.2 cm³/mol. The Morgan fingerprint density at radius 2 is 2.15 bits per heavy atom. The summed E-state index contributed by atoms with van der Waals surface area (Å²) >= 11 is 3.08. The Bertz CT molecular complexity index is 347. The monoisotopic (exact) mass is 244 g/mol. The highest BCUT2D eigenvalue weighted by Gasteiger charge is 2.06. The molecular formula is C10H10BrFO. The van der Waals surface area contributed by atoms with Crippen LogP contribution in [0.4, 0.5) is 4.39 Å². The maximum atomic E-state index is 13.0. The van der Waals surface area contributed by atoms with E-state index in [4.69, 9.17) is 0 Å². The van der Waals surface area contributed by atoms with Crippen molar-refractivity contribution in [3.8, 4) is 0 Å². The van der Waals surface area contributed by atoms with E-state index in [1.807, 2.05) is 0 Å². The van der Waals surface area contributed by atoms with Crippen LogP contribution in [0.2, 0.25) is 0 Å². The molecule has 0 saturated heterocycles. The number of ketones is 1. The van der Waals surface area contributed by atoms with Crippen molar-refractivity contribution in [1.29, 1.82) is 0 Å². The van der Waals surface area contributed by atoms with Crippen LogP contribution >= 0.6 is 15.9 Å². The number of carbonyl (C=O) groups is 1. The van der Waals surface area contributed by atoms with Crippen LogP contribution in [-0.4, -0.2) is 5.78 Å². The first-order valence-electron chi connectivity index (χ1n) is 3.94. The average molecular weight is 245 g/mol. The first kappa shape index (κ1) is 10.4. The molecule has 3 heteroatoms. The molecule has 0 heterocycles. The van der Waals surface area contributed by atoms with Gasteiger partial charge in [0.2, 0.25) is 0 Å². The minimum Gasteiger partial charge on any atom is -0.300 e. The maximum absolute atomic E-state index is 13.0. The van der Waals surface area contributed by atoms with Gasteiger partial charge < -0.3 is 0 Å². The Balaban J connectivity index is 3.08. The number of hydrogen-bond donors (Lipinski definition) is 0. The predicted octanol–water partition coefficient (Wildman–Crippen LogP) is 3.03. The van der Waals surface area contributed by atoms with E-state index < -0.39 is 0 Å². The van der Waals surface area contributed by atoms with Crippen LogP contribution in [0.15, 0.2) is 16.6 Å². The molecule has 0 bridgehead atoms. The molecule has 0 spiro atoms. The van der Waals surface area contributed by atoms with E-state index in [0.717, 1.165) is 11.1 Å². The van der Waals surface area contributed by atoms with Gasteiger partial charge in [-0.25, -0.2) is 4.39 Å². The van der Waals surface area contributed by atoms with Crippen LogP contribution < -0.4 is 0 Å². The first-order valence-corrected chi connectivity index (χ1v) is 4.74. The number of rotatable bonds is 2. The summed E-state index contributed by atoms with van der Waals surface area (Å²) in [6, 6.07) is 3.09. The van der Waals surface area contributed by atoms with Gasteiger partial charge in [0, 0.05) is 6.42 Å². The van der Waals surface area contributed by atoms with Crippen molar-refractivity contribution < 1.29 is 9.18 Å². The van der Waals surface area contributed by atoms with E-state index in [1.165, 1.54) is 13.0 Å². The molecular weight excluding hydrogens is 235 g/mol. The molecule has 0 aliphatic carbocycles. The number of Topliss-reactive ketones (excluding diaryl/α,β-unsaturated/α-hetero) is 1. The zero-order chi connectivity index (χ0) is 10.0. The van der Waals surface area contributed by atoms with Crippen molar-refractivity contribution in [2.45, 2.75) is 20.3 Å². The quantitative estimate of drug-likeness (QED) is 0.782. The highest BCUT2D eigenvalue weighted by Crippen LogP contribution is 2.20. The lowest BCUT2D eigenvalue weighted by molar-refractivity contribution is -0.116. The van der Waals surface area contributed by atoms with Crippen molar-refractivity contribution >= 4 is 21.7 Å². The number of halogens is 2. The minimum atomic E-state index is -0.287. The molecule has 0 unspecified atom stereocenters. The van der Waals surface area contributed by atoms with E-state index >= 15 is 0 Å². The number of carbonyl (C=O) groups excluding carboxylic acids is 1. The summed E-state index contributed by atoms with van der Waals surface area (Å²) in [6.45, 7) is 3.32. The van der Waals surface area contributed by atoms with Crippen LogP contribution in [-0.2, 0) is 11.2 Å². The lowest BCUT2D eigenvalue weighted by Crippen LogP contribution is -1.99. The molecule has 0 fully saturated rings. The third-order valence-electron chi connectivity index (χ3n) is 1.82. The van der Waals surface area contributed by atoms with E-state index in [-0.39, 0.29) is 11.6 Å². The Kier molecular flexibility index (Phi) is 3.20. The fourth-order valence-electron chi connectivity index (χ4n) is 1.15. The van der Waals surface area contributed by atoms with Crippen LogP contribution in [0.1, 0.15) is 18.1 Å². The Morgan fingerprint density at radius 3 is 2.69 bits per heavy atom. The molecule has 0 saturated carbocycles. The van der Waals surface area contributed by atoms with Gasteiger partial charge in [-0.3, -0.25) is 4.79 Å². The van der Waals surface area contributed by atoms with Gasteiger partial charge in [0.1, 0.15) is 11.6 Å². The molecule has 70 valence electrons. The number of hydrogen-bond acceptors (Lipinski definition) is 1. The smallest absolute Gasteiger partial charge is 0.137 e. The fourth-order valence-corrected chi connectivity index (χ4v) is 1.54. The third kappa shape index (κ3) is 2.62. The minimum absolute atomic E-state index is 0.0848. The van der Waals surface area contributed by atoms with E-state index in [1.54, 1.807) is 13.0 Å². The molecule has 1 aromatic carbocycles.